The lowest BCUT2D eigenvalue weighted by Crippen LogP contribution is -2.13. The van der Waals surface area contributed by atoms with Crippen LogP contribution in [0.5, 0.6) is 0 Å². The Kier molecular flexibility index (Phi) is 4.17. The summed E-state index contributed by atoms with van der Waals surface area (Å²) in [4.78, 5) is 8.59. The van der Waals surface area contributed by atoms with Gasteiger partial charge in [-0.3, -0.25) is 0 Å². The van der Waals surface area contributed by atoms with Gasteiger partial charge in [0.05, 0.1) is 10.7 Å². The molecule has 0 radical (unpaired) electrons. The minimum atomic E-state index is 0.500. The highest BCUT2D eigenvalue weighted by molar-refractivity contribution is 7.12. The van der Waals surface area contributed by atoms with Gasteiger partial charge in [-0.05, 0) is 33.4 Å². The average Bonchev–Trinajstić information content (AvgIpc) is 2.88. The standard InChI is InChI=1S/C13H23N3S/c1-4-10(7-14)12-9(2)15-13(17-12)11-5-6-16(3)8-11/h10-11H,4-8,14H2,1-3H3. The van der Waals surface area contributed by atoms with Crippen LogP contribution < -0.4 is 5.73 Å². The van der Waals surface area contributed by atoms with Crippen LogP contribution in [-0.2, 0) is 0 Å². The molecule has 0 bridgehead atoms. The SMILES string of the molecule is CCC(CN)c1sc(C2CCN(C)C2)nc1C. The zero-order valence-corrected chi connectivity index (χ0v) is 11.9. The Labute approximate surface area is 108 Å². The Morgan fingerprint density at radius 1 is 1.59 bits per heavy atom. The van der Waals surface area contributed by atoms with Crippen LogP contribution in [0.2, 0.25) is 0 Å². The Morgan fingerprint density at radius 2 is 2.35 bits per heavy atom. The molecule has 0 aromatic carbocycles. The van der Waals surface area contributed by atoms with Crippen LogP contribution in [-0.4, -0.2) is 36.6 Å². The van der Waals surface area contributed by atoms with Crippen LogP contribution in [0, 0.1) is 6.92 Å². The van der Waals surface area contributed by atoms with E-state index in [0.29, 0.717) is 11.8 Å². The quantitative estimate of drug-likeness (QED) is 0.895. The Balaban J connectivity index is 2.18. The molecule has 0 spiro atoms. The van der Waals surface area contributed by atoms with E-state index in [1.54, 1.807) is 0 Å². The first-order valence-corrected chi connectivity index (χ1v) is 7.33. The number of likely N-dealkylation sites (tertiary alicyclic amines) is 1. The number of rotatable bonds is 4. The number of aryl methyl sites for hydroxylation is 1. The first-order valence-electron chi connectivity index (χ1n) is 6.51. The molecule has 0 saturated carbocycles. The van der Waals surface area contributed by atoms with Crippen LogP contribution in [0.25, 0.3) is 0 Å². The summed E-state index contributed by atoms with van der Waals surface area (Å²) in [5.41, 5.74) is 7.05. The molecule has 4 heteroatoms. The van der Waals surface area contributed by atoms with Gasteiger partial charge >= 0.3 is 0 Å². The minimum absolute atomic E-state index is 0.500. The predicted molar refractivity (Wildman–Crippen MR) is 73.8 cm³/mol. The van der Waals surface area contributed by atoms with E-state index in [2.05, 4.69) is 25.8 Å². The molecule has 2 heterocycles. The van der Waals surface area contributed by atoms with Gasteiger partial charge in [0.15, 0.2) is 0 Å². The van der Waals surface area contributed by atoms with Crippen molar-refractivity contribution < 1.29 is 0 Å². The zero-order chi connectivity index (χ0) is 12.4. The molecule has 0 amide bonds. The number of nitrogens with two attached hydrogens (primary N) is 1. The molecule has 2 N–H and O–H groups in total. The van der Waals surface area contributed by atoms with Gasteiger partial charge in [-0.2, -0.15) is 0 Å². The van der Waals surface area contributed by atoms with E-state index in [-0.39, 0.29) is 0 Å². The van der Waals surface area contributed by atoms with Crippen LogP contribution in [0.15, 0.2) is 0 Å². The van der Waals surface area contributed by atoms with Crippen LogP contribution >= 0.6 is 11.3 Å². The van der Waals surface area contributed by atoms with E-state index in [9.17, 15) is 0 Å². The fraction of sp³-hybridized carbons (Fsp3) is 0.769. The first-order chi connectivity index (χ1) is 8.15. The third-order valence-corrected chi connectivity index (χ3v) is 5.22. The van der Waals surface area contributed by atoms with Crippen LogP contribution in [0.4, 0.5) is 0 Å². The Hall–Kier alpha value is -0.450. The Morgan fingerprint density at radius 3 is 2.88 bits per heavy atom. The molecule has 1 saturated heterocycles. The second kappa shape index (κ2) is 5.46. The van der Waals surface area contributed by atoms with Gasteiger partial charge in [0.25, 0.3) is 0 Å². The molecule has 1 aromatic rings. The lowest BCUT2D eigenvalue weighted by atomic mass is 10.0. The van der Waals surface area contributed by atoms with Gasteiger partial charge in [0.2, 0.25) is 0 Å². The minimum Gasteiger partial charge on any atom is -0.330 e. The summed E-state index contributed by atoms with van der Waals surface area (Å²) < 4.78 is 0. The molecule has 17 heavy (non-hydrogen) atoms. The maximum atomic E-state index is 5.84. The summed E-state index contributed by atoms with van der Waals surface area (Å²) >= 11 is 1.90. The maximum absolute atomic E-state index is 5.84. The number of aromatic nitrogens is 1. The van der Waals surface area contributed by atoms with E-state index in [1.165, 1.54) is 28.5 Å². The van der Waals surface area contributed by atoms with Gasteiger partial charge < -0.3 is 10.6 Å². The topological polar surface area (TPSA) is 42.1 Å². The van der Waals surface area contributed by atoms with Crippen LogP contribution in [0.1, 0.15) is 47.2 Å². The van der Waals surface area contributed by atoms with Gasteiger partial charge in [0, 0.05) is 29.8 Å². The summed E-state index contributed by atoms with van der Waals surface area (Å²) in [7, 11) is 2.19. The van der Waals surface area contributed by atoms with Crippen molar-refractivity contribution in [2.24, 2.45) is 5.73 Å². The monoisotopic (exact) mass is 253 g/mol. The molecule has 0 aliphatic carbocycles. The van der Waals surface area contributed by atoms with Crippen molar-refractivity contribution in [1.82, 2.24) is 9.88 Å². The largest absolute Gasteiger partial charge is 0.330 e. The van der Waals surface area contributed by atoms with Gasteiger partial charge in [-0.15, -0.1) is 11.3 Å². The molecule has 1 aliphatic heterocycles. The van der Waals surface area contributed by atoms with Gasteiger partial charge in [-0.1, -0.05) is 6.92 Å². The van der Waals surface area contributed by atoms with Crippen molar-refractivity contribution in [2.75, 3.05) is 26.7 Å². The highest BCUT2D eigenvalue weighted by Gasteiger charge is 2.26. The van der Waals surface area contributed by atoms with Crippen molar-refractivity contribution in [3.05, 3.63) is 15.6 Å². The van der Waals surface area contributed by atoms with Gasteiger partial charge in [0.1, 0.15) is 0 Å². The number of nitrogens with zero attached hydrogens (tertiary/aromatic N) is 2. The maximum Gasteiger partial charge on any atom is 0.0975 e. The van der Waals surface area contributed by atoms with Crippen molar-refractivity contribution in [2.45, 2.75) is 38.5 Å². The normalized spacial score (nSPS) is 23.2. The average molecular weight is 253 g/mol. The van der Waals surface area contributed by atoms with E-state index in [4.69, 9.17) is 10.7 Å². The summed E-state index contributed by atoms with van der Waals surface area (Å²) in [5, 5.41) is 1.33. The predicted octanol–water partition coefficient (Wildman–Crippen LogP) is 2.32. The molecule has 96 valence electrons. The Bertz CT molecular complexity index is 371. The summed E-state index contributed by atoms with van der Waals surface area (Å²) in [6.45, 7) is 7.44. The summed E-state index contributed by atoms with van der Waals surface area (Å²) in [6.07, 6.45) is 2.37. The molecule has 2 unspecified atom stereocenters. The fourth-order valence-corrected chi connectivity index (χ4v) is 3.97. The van der Waals surface area contributed by atoms with Crippen LogP contribution in [0.3, 0.4) is 0 Å². The highest BCUT2D eigenvalue weighted by atomic mass is 32.1. The van der Waals surface area contributed by atoms with E-state index >= 15 is 0 Å². The number of hydrogen-bond donors (Lipinski definition) is 1. The number of hydrogen-bond acceptors (Lipinski definition) is 4. The third kappa shape index (κ3) is 2.69. The molecule has 1 aliphatic rings. The molecule has 3 nitrogen and oxygen atoms in total. The second-order valence-electron chi connectivity index (χ2n) is 5.09. The summed E-state index contributed by atoms with van der Waals surface area (Å²) in [6, 6.07) is 0. The fourth-order valence-electron chi connectivity index (χ4n) is 2.58. The number of thiazole rings is 1. The lowest BCUT2D eigenvalue weighted by Gasteiger charge is -2.10. The molecule has 1 fully saturated rings. The first kappa shape index (κ1) is 13.0. The number of likely N-dealkylation sites (N-methyl/N-ethyl adjacent to an activating group) is 1. The molecular weight excluding hydrogens is 230 g/mol. The molecule has 1 aromatic heterocycles. The second-order valence-corrected chi connectivity index (χ2v) is 6.15. The smallest absolute Gasteiger partial charge is 0.0975 e. The molecule has 2 atom stereocenters. The summed E-state index contributed by atoms with van der Waals surface area (Å²) in [5.74, 6) is 1.15. The van der Waals surface area contributed by atoms with Gasteiger partial charge in [-0.25, -0.2) is 4.98 Å². The van der Waals surface area contributed by atoms with E-state index in [1.807, 2.05) is 11.3 Å². The van der Waals surface area contributed by atoms with E-state index in [0.717, 1.165) is 19.5 Å². The lowest BCUT2D eigenvalue weighted by molar-refractivity contribution is 0.411. The molecule has 2 rings (SSSR count). The van der Waals surface area contributed by atoms with Crippen molar-refractivity contribution >= 4 is 11.3 Å². The third-order valence-electron chi connectivity index (χ3n) is 3.74. The van der Waals surface area contributed by atoms with Crippen molar-refractivity contribution in [1.29, 1.82) is 0 Å². The highest BCUT2D eigenvalue weighted by Crippen LogP contribution is 2.35. The van der Waals surface area contributed by atoms with E-state index < -0.39 is 0 Å². The van der Waals surface area contributed by atoms with Crippen molar-refractivity contribution in [3.63, 3.8) is 0 Å². The zero-order valence-electron chi connectivity index (χ0n) is 11.1. The van der Waals surface area contributed by atoms with Crippen molar-refractivity contribution in [3.8, 4) is 0 Å². The molecular formula is C13H23N3S.